The van der Waals surface area contributed by atoms with Gasteiger partial charge in [0.15, 0.2) is 5.82 Å². The molecule has 0 spiro atoms. The molecule has 0 bridgehead atoms. The minimum absolute atomic E-state index is 0.400. The summed E-state index contributed by atoms with van der Waals surface area (Å²) < 4.78 is 24.6. The molecule has 31 heavy (non-hydrogen) atoms. The van der Waals surface area contributed by atoms with E-state index in [2.05, 4.69) is 32.1 Å². The van der Waals surface area contributed by atoms with Crippen LogP contribution in [0.1, 0.15) is 75.7 Å². The molecule has 2 aromatic rings. The average Bonchev–Trinajstić information content (AvgIpc) is 3.72. The highest BCUT2D eigenvalue weighted by Gasteiger charge is 2.36. The maximum absolute atomic E-state index is 12.3. The second-order valence-corrected chi connectivity index (χ2v) is 8.94. The summed E-state index contributed by atoms with van der Waals surface area (Å²) in [7, 11) is 0. The molecular formula is C23H26F2N6. The van der Waals surface area contributed by atoms with Crippen LogP contribution >= 0.6 is 0 Å². The number of alkyl halides is 2. The standard InChI is InChI=1S/C12H13F2N3.C11H13N3/c1-12(7-15,4-8-2-3-8)9-5-16-11(10(13)14)17-6-9;1-11(7-12,4-9-2-3-9)10-5-13-8-14-6-10/h5-6,8,10H,2-4H2,1H3;5-6,8-9H,2-4H2,1H3. The Hall–Kier alpha value is -3.00. The fourth-order valence-corrected chi connectivity index (χ4v) is 3.57. The third kappa shape index (κ3) is 6.01. The number of rotatable bonds is 7. The molecule has 2 heterocycles. The number of aromatic nitrogens is 4. The number of hydrogen-bond donors (Lipinski definition) is 0. The summed E-state index contributed by atoms with van der Waals surface area (Å²) in [5.41, 5.74) is 0.496. The predicted octanol–water partition coefficient (Wildman–Crippen LogP) is 5.05. The molecule has 6 nitrogen and oxygen atoms in total. The maximum atomic E-state index is 12.3. The van der Waals surface area contributed by atoms with Crippen LogP contribution in [0.25, 0.3) is 0 Å². The van der Waals surface area contributed by atoms with Gasteiger partial charge in [0.2, 0.25) is 0 Å². The largest absolute Gasteiger partial charge is 0.297 e. The van der Waals surface area contributed by atoms with E-state index < -0.39 is 23.1 Å². The molecule has 4 rings (SSSR count). The zero-order chi connectivity index (χ0) is 22.5. The van der Waals surface area contributed by atoms with Crippen molar-refractivity contribution in [1.82, 2.24) is 19.9 Å². The van der Waals surface area contributed by atoms with Gasteiger partial charge in [-0.05, 0) is 38.5 Å². The topological polar surface area (TPSA) is 99.1 Å². The van der Waals surface area contributed by atoms with Gasteiger partial charge < -0.3 is 0 Å². The zero-order valence-electron chi connectivity index (χ0n) is 17.8. The molecule has 2 fully saturated rings. The first-order valence-electron chi connectivity index (χ1n) is 10.5. The van der Waals surface area contributed by atoms with Gasteiger partial charge in [-0.3, -0.25) is 0 Å². The third-order valence-corrected chi connectivity index (χ3v) is 5.98. The first-order valence-corrected chi connectivity index (χ1v) is 10.5. The van der Waals surface area contributed by atoms with E-state index >= 15 is 0 Å². The van der Waals surface area contributed by atoms with Crippen LogP contribution < -0.4 is 0 Å². The van der Waals surface area contributed by atoms with Gasteiger partial charge in [0, 0.05) is 35.9 Å². The van der Waals surface area contributed by atoms with E-state index in [1.165, 1.54) is 31.6 Å². The molecule has 0 amide bonds. The van der Waals surface area contributed by atoms with E-state index in [9.17, 15) is 19.3 Å². The molecule has 2 aromatic heterocycles. The van der Waals surface area contributed by atoms with Gasteiger partial charge in [-0.2, -0.15) is 10.5 Å². The zero-order valence-corrected chi connectivity index (χ0v) is 17.8. The molecule has 2 unspecified atom stereocenters. The van der Waals surface area contributed by atoms with E-state index in [0.29, 0.717) is 11.5 Å². The summed E-state index contributed by atoms with van der Waals surface area (Å²) in [6, 6.07) is 4.63. The fourth-order valence-electron chi connectivity index (χ4n) is 3.57. The Morgan fingerprint density at radius 1 is 0.871 bits per heavy atom. The van der Waals surface area contributed by atoms with E-state index in [1.807, 2.05) is 13.8 Å². The van der Waals surface area contributed by atoms with Crippen molar-refractivity contribution in [3.63, 3.8) is 0 Å². The Morgan fingerprint density at radius 2 is 1.29 bits per heavy atom. The van der Waals surface area contributed by atoms with Crippen LogP contribution in [0.4, 0.5) is 8.78 Å². The lowest BCUT2D eigenvalue weighted by Crippen LogP contribution is -2.21. The van der Waals surface area contributed by atoms with Crippen molar-refractivity contribution in [1.29, 1.82) is 10.5 Å². The van der Waals surface area contributed by atoms with E-state index in [4.69, 9.17) is 0 Å². The van der Waals surface area contributed by atoms with Crippen molar-refractivity contribution in [2.45, 2.75) is 69.6 Å². The lowest BCUT2D eigenvalue weighted by molar-refractivity contribution is 0.140. The fraction of sp³-hybridized carbons (Fsp3) is 0.565. The average molecular weight is 424 g/mol. The lowest BCUT2D eigenvalue weighted by atomic mass is 9.81. The molecule has 2 aliphatic carbocycles. The number of nitriles is 2. The highest BCUT2D eigenvalue weighted by atomic mass is 19.3. The molecule has 162 valence electrons. The van der Waals surface area contributed by atoms with Crippen LogP contribution in [0.5, 0.6) is 0 Å². The molecule has 2 aliphatic rings. The summed E-state index contributed by atoms with van der Waals surface area (Å²) in [5.74, 6) is 0.828. The van der Waals surface area contributed by atoms with Crippen LogP contribution in [0, 0.1) is 34.5 Å². The van der Waals surface area contributed by atoms with Gasteiger partial charge in [0.25, 0.3) is 6.43 Å². The Morgan fingerprint density at radius 3 is 1.65 bits per heavy atom. The second kappa shape index (κ2) is 9.43. The van der Waals surface area contributed by atoms with Gasteiger partial charge >= 0.3 is 0 Å². The van der Waals surface area contributed by atoms with Crippen LogP contribution in [0.15, 0.2) is 31.1 Å². The van der Waals surface area contributed by atoms with Crippen molar-refractivity contribution in [3.05, 3.63) is 48.1 Å². The Kier molecular flexibility index (Phi) is 6.90. The van der Waals surface area contributed by atoms with Crippen LogP contribution in [-0.2, 0) is 10.8 Å². The second-order valence-electron chi connectivity index (χ2n) is 8.94. The highest BCUT2D eigenvalue weighted by molar-refractivity contribution is 5.28. The minimum atomic E-state index is -2.67. The molecular weight excluding hydrogens is 398 g/mol. The van der Waals surface area contributed by atoms with Gasteiger partial charge in [-0.15, -0.1) is 0 Å². The number of nitrogens with zero attached hydrogens (tertiary/aromatic N) is 6. The van der Waals surface area contributed by atoms with Gasteiger partial charge in [-0.25, -0.2) is 28.7 Å². The summed E-state index contributed by atoms with van der Waals surface area (Å²) in [4.78, 5) is 15.1. The molecule has 0 saturated heterocycles. The summed E-state index contributed by atoms with van der Waals surface area (Å²) in [6.45, 7) is 3.79. The van der Waals surface area contributed by atoms with E-state index in [1.54, 1.807) is 12.4 Å². The van der Waals surface area contributed by atoms with E-state index in [0.717, 1.165) is 37.2 Å². The first kappa shape index (κ1) is 22.7. The molecule has 0 aliphatic heterocycles. The lowest BCUT2D eigenvalue weighted by Gasteiger charge is -2.21. The minimum Gasteiger partial charge on any atom is -0.244 e. The number of halogens is 2. The van der Waals surface area contributed by atoms with Crippen LogP contribution in [-0.4, -0.2) is 19.9 Å². The molecule has 0 radical (unpaired) electrons. The Bertz CT molecular complexity index is 945. The summed E-state index contributed by atoms with van der Waals surface area (Å²) in [5, 5.41) is 18.4. The molecule has 0 aromatic carbocycles. The number of hydrogen-bond acceptors (Lipinski definition) is 6. The summed E-state index contributed by atoms with van der Waals surface area (Å²) >= 11 is 0. The van der Waals surface area contributed by atoms with Crippen LogP contribution in [0.3, 0.4) is 0 Å². The Balaban J connectivity index is 0.000000179. The normalized spacial score (nSPS) is 19.2. The van der Waals surface area contributed by atoms with Gasteiger partial charge in [0.1, 0.15) is 6.33 Å². The van der Waals surface area contributed by atoms with Crippen molar-refractivity contribution in [2.75, 3.05) is 0 Å². The molecule has 8 heteroatoms. The molecule has 2 atom stereocenters. The predicted molar refractivity (Wildman–Crippen MR) is 110 cm³/mol. The Labute approximate surface area is 181 Å². The molecule has 2 saturated carbocycles. The maximum Gasteiger partial charge on any atom is 0.297 e. The monoisotopic (exact) mass is 424 g/mol. The van der Waals surface area contributed by atoms with Gasteiger partial charge in [-0.1, -0.05) is 25.7 Å². The van der Waals surface area contributed by atoms with Crippen molar-refractivity contribution >= 4 is 0 Å². The summed E-state index contributed by atoms with van der Waals surface area (Å²) in [6.07, 6.45) is 11.5. The smallest absolute Gasteiger partial charge is 0.244 e. The SMILES string of the molecule is CC(C#N)(CC1CC1)c1cnc(C(F)F)nc1.CC(C#N)(CC1CC1)c1cncnc1. The van der Waals surface area contributed by atoms with E-state index in [-0.39, 0.29) is 0 Å². The molecule has 0 N–H and O–H groups in total. The van der Waals surface area contributed by atoms with Crippen molar-refractivity contribution < 1.29 is 8.78 Å². The van der Waals surface area contributed by atoms with Crippen molar-refractivity contribution in [2.24, 2.45) is 11.8 Å². The van der Waals surface area contributed by atoms with Crippen LogP contribution in [0.2, 0.25) is 0 Å². The third-order valence-electron chi connectivity index (χ3n) is 5.98. The quantitative estimate of drug-likeness (QED) is 0.616. The first-order chi connectivity index (χ1) is 14.8. The highest BCUT2D eigenvalue weighted by Crippen LogP contribution is 2.42. The van der Waals surface area contributed by atoms with Crippen molar-refractivity contribution in [3.8, 4) is 12.1 Å². The van der Waals surface area contributed by atoms with Gasteiger partial charge in [0.05, 0.1) is 23.0 Å².